The Morgan fingerprint density at radius 1 is 1.03 bits per heavy atom. The minimum atomic E-state index is -1.07. The van der Waals surface area contributed by atoms with Crippen molar-refractivity contribution in [2.45, 2.75) is 102 Å². The number of ketones is 1. The summed E-state index contributed by atoms with van der Waals surface area (Å²) in [6, 6.07) is 9.88. The van der Waals surface area contributed by atoms with E-state index < -0.39 is 5.60 Å². The van der Waals surface area contributed by atoms with Crippen molar-refractivity contribution in [3.8, 4) is 11.8 Å². The third-order valence-corrected chi connectivity index (χ3v) is 11.1. The number of aliphatic hydroxyl groups excluding tert-OH is 1. The van der Waals surface area contributed by atoms with Crippen molar-refractivity contribution in [3.63, 3.8) is 0 Å². The van der Waals surface area contributed by atoms with Crippen LogP contribution in [0.2, 0.25) is 0 Å². The number of benzene rings is 1. The van der Waals surface area contributed by atoms with E-state index in [9.17, 15) is 15.0 Å². The first-order valence-corrected chi connectivity index (χ1v) is 15.0. The Balaban J connectivity index is 1.41. The lowest BCUT2D eigenvalue weighted by Crippen LogP contribution is -2.51. The molecule has 3 fully saturated rings. The average molecular weight is 514 g/mol. The van der Waals surface area contributed by atoms with Gasteiger partial charge in [-0.15, -0.1) is 0 Å². The van der Waals surface area contributed by atoms with Crippen molar-refractivity contribution < 1.29 is 15.0 Å². The van der Waals surface area contributed by atoms with Crippen molar-refractivity contribution in [3.05, 3.63) is 52.6 Å². The number of aliphatic hydroxyl groups is 2. The second kappa shape index (κ2) is 10.00. The number of anilines is 1. The number of nitrogens with zero attached hydrogens (tertiary/aromatic N) is 1. The third-order valence-electron chi connectivity index (χ3n) is 11.1. The molecule has 1 aromatic carbocycles. The molecular formula is C34H43NO3. The molecule has 4 unspecified atom stereocenters. The normalized spacial score (nSPS) is 35.0. The van der Waals surface area contributed by atoms with Gasteiger partial charge in [-0.2, -0.15) is 0 Å². The summed E-state index contributed by atoms with van der Waals surface area (Å²) >= 11 is 0. The third kappa shape index (κ3) is 4.18. The van der Waals surface area contributed by atoms with Crippen LogP contribution in [0.15, 0.2) is 47.1 Å². The molecule has 0 aliphatic heterocycles. The van der Waals surface area contributed by atoms with Gasteiger partial charge in [0, 0.05) is 36.5 Å². The van der Waals surface area contributed by atoms with Crippen molar-refractivity contribution in [2.75, 3.05) is 18.6 Å². The Labute approximate surface area is 228 Å². The predicted molar refractivity (Wildman–Crippen MR) is 152 cm³/mol. The van der Waals surface area contributed by atoms with Gasteiger partial charge in [0.1, 0.15) is 12.2 Å². The molecule has 0 spiro atoms. The zero-order chi connectivity index (χ0) is 26.5. The molecule has 0 radical (unpaired) electrons. The van der Waals surface area contributed by atoms with E-state index in [4.69, 9.17) is 0 Å². The van der Waals surface area contributed by atoms with E-state index in [1.807, 2.05) is 6.08 Å². The molecule has 0 heterocycles. The van der Waals surface area contributed by atoms with Gasteiger partial charge >= 0.3 is 0 Å². The Morgan fingerprint density at radius 3 is 2.53 bits per heavy atom. The van der Waals surface area contributed by atoms with Crippen LogP contribution in [0.3, 0.4) is 0 Å². The van der Waals surface area contributed by atoms with Gasteiger partial charge in [-0.05, 0) is 98.1 Å². The van der Waals surface area contributed by atoms with Gasteiger partial charge in [0.2, 0.25) is 0 Å². The number of fused-ring (bicyclic) bond motifs is 4. The fourth-order valence-corrected chi connectivity index (χ4v) is 8.98. The van der Waals surface area contributed by atoms with Crippen LogP contribution in [-0.4, -0.2) is 41.3 Å². The zero-order valence-electron chi connectivity index (χ0n) is 23.1. The molecule has 0 aromatic heterocycles. The van der Waals surface area contributed by atoms with Crippen LogP contribution in [0.5, 0.6) is 0 Å². The number of rotatable bonds is 3. The van der Waals surface area contributed by atoms with Crippen LogP contribution < -0.4 is 4.90 Å². The van der Waals surface area contributed by atoms with E-state index in [1.165, 1.54) is 54.5 Å². The van der Waals surface area contributed by atoms with Crippen molar-refractivity contribution in [1.82, 2.24) is 0 Å². The van der Waals surface area contributed by atoms with Crippen LogP contribution in [0, 0.1) is 29.1 Å². The quantitative estimate of drug-likeness (QED) is 0.481. The second-order valence-corrected chi connectivity index (χ2v) is 12.8. The summed E-state index contributed by atoms with van der Waals surface area (Å²) in [5, 5.41) is 21.3. The van der Waals surface area contributed by atoms with Crippen LogP contribution in [0.4, 0.5) is 5.69 Å². The maximum atomic E-state index is 12.3. The van der Waals surface area contributed by atoms with Crippen molar-refractivity contribution in [2.24, 2.45) is 17.3 Å². The molecule has 0 saturated heterocycles. The molecule has 0 amide bonds. The monoisotopic (exact) mass is 513 g/mol. The van der Waals surface area contributed by atoms with E-state index in [-0.39, 0.29) is 23.7 Å². The smallest absolute Gasteiger partial charge is 0.156 e. The summed E-state index contributed by atoms with van der Waals surface area (Å²) in [7, 11) is 2.24. The molecule has 4 nitrogen and oxygen atoms in total. The highest BCUT2D eigenvalue weighted by Gasteiger charge is 2.62. The highest BCUT2D eigenvalue weighted by Crippen LogP contribution is 2.66. The Hall–Kier alpha value is -2.35. The summed E-state index contributed by atoms with van der Waals surface area (Å²) in [6.07, 6.45) is 14.4. The topological polar surface area (TPSA) is 60.8 Å². The lowest BCUT2D eigenvalue weighted by molar-refractivity contribution is -0.114. The number of hydrogen-bond acceptors (Lipinski definition) is 4. The maximum Gasteiger partial charge on any atom is 0.156 e. The van der Waals surface area contributed by atoms with Gasteiger partial charge in [-0.3, -0.25) is 4.79 Å². The number of carbonyl (C=O) groups excluding carboxylic acids is 1. The summed E-state index contributed by atoms with van der Waals surface area (Å²) in [5.41, 5.74) is 5.45. The fraction of sp³-hybridized carbons (Fsp3) is 0.618. The molecular weight excluding hydrogens is 470 g/mol. The Morgan fingerprint density at radius 2 is 1.79 bits per heavy atom. The van der Waals surface area contributed by atoms with Crippen LogP contribution in [-0.2, 0) is 4.79 Å². The van der Waals surface area contributed by atoms with Gasteiger partial charge in [0.05, 0.1) is 0 Å². The van der Waals surface area contributed by atoms with E-state index >= 15 is 0 Å². The number of allylic oxidation sites excluding steroid dienone is 4. The molecule has 5 aliphatic carbocycles. The number of hydrogen-bond donors (Lipinski definition) is 2. The summed E-state index contributed by atoms with van der Waals surface area (Å²) in [4.78, 5) is 14.8. The van der Waals surface area contributed by atoms with Crippen LogP contribution in [0.25, 0.3) is 0 Å². The highest BCUT2D eigenvalue weighted by atomic mass is 16.3. The maximum absolute atomic E-state index is 12.3. The Bertz CT molecular complexity index is 1210. The first-order chi connectivity index (χ1) is 18.3. The summed E-state index contributed by atoms with van der Waals surface area (Å²) < 4.78 is 0. The van der Waals surface area contributed by atoms with Gasteiger partial charge in [-0.25, -0.2) is 0 Å². The fourth-order valence-electron chi connectivity index (χ4n) is 8.98. The Kier molecular flexibility index (Phi) is 6.81. The van der Waals surface area contributed by atoms with Gasteiger partial charge in [0.25, 0.3) is 0 Å². The molecule has 4 heteroatoms. The highest BCUT2D eigenvalue weighted by molar-refractivity contribution is 5.93. The second-order valence-electron chi connectivity index (χ2n) is 12.8. The van der Waals surface area contributed by atoms with Gasteiger partial charge in [-0.1, -0.05) is 55.7 Å². The molecule has 0 bridgehead atoms. The summed E-state index contributed by atoms with van der Waals surface area (Å²) in [5.74, 6) is 7.18. The summed E-state index contributed by atoms with van der Waals surface area (Å²) in [6.45, 7) is 2.04. The van der Waals surface area contributed by atoms with Crippen molar-refractivity contribution in [1.29, 1.82) is 0 Å². The standard InChI is InChI=1S/C34H43NO3/c1-33-22-30(23-9-12-26(13-10-23)35(2)25-7-4-3-5-8-25)32-28-16-14-27(37)21-24(28)11-15-29(32)31(33)17-19-34(33,38)18-6-20-36/h9-10,12-13,21,25,29-31,36,38H,3-5,7-8,11,14-17,19-20,22H2,1-2H3/t29?,30?,31?,33?,34-/m0/s1. The first-order valence-electron chi connectivity index (χ1n) is 15.0. The number of carbonyl (C=O) groups is 1. The molecule has 1 aromatic rings. The van der Waals surface area contributed by atoms with Crippen LogP contribution in [0.1, 0.15) is 95.5 Å². The van der Waals surface area contributed by atoms with Crippen molar-refractivity contribution >= 4 is 11.5 Å². The van der Waals surface area contributed by atoms with E-state index in [0.29, 0.717) is 30.7 Å². The largest absolute Gasteiger partial charge is 0.384 e. The first kappa shape index (κ1) is 25.9. The average Bonchev–Trinajstić information content (AvgIpc) is 3.21. The predicted octanol–water partition coefficient (Wildman–Crippen LogP) is 6.08. The van der Waals surface area contributed by atoms with Gasteiger partial charge in [0.15, 0.2) is 5.78 Å². The lowest BCUT2D eigenvalue weighted by atomic mass is 9.51. The van der Waals surface area contributed by atoms with Gasteiger partial charge < -0.3 is 15.1 Å². The molecule has 5 atom stereocenters. The molecule has 202 valence electrons. The minimum absolute atomic E-state index is 0.211. The lowest BCUT2D eigenvalue weighted by Gasteiger charge is -2.53. The SMILES string of the molecule is CN(c1ccc(C2CC3(C)C(CC[C@@]3(O)C#CCO)C3CCC4=CC(=O)CCC4=C23)cc1)C1CCCCC1. The van der Waals surface area contributed by atoms with E-state index in [0.717, 1.165) is 32.1 Å². The molecule has 6 rings (SSSR count). The molecule has 38 heavy (non-hydrogen) atoms. The molecule has 2 N–H and O–H groups in total. The van der Waals surface area contributed by atoms with E-state index in [1.54, 1.807) is 5.57 Å². The zero-order valence-corrected chi connectivity index (χ0v) is 23.1. The molecule has 3 saturated carbocycles. The van der Waals surface area contributed by atoms with E-state index in [2.05, 4.69) is 55.0 Å². The molecule has 5 aliphatic rings. The van der Waals surface area contributed by atoms with Crippen LogP contribution >= 0.6 is 0 Å². The minimum Gasteiger partial charge on any atom is -0.384 e.